The summed E-state index contributed by atoms with van der Waals surface area (Å²) in [6.45, 7) is 16.0. The van der Waals surface area contributed by atoms with Crippen LogP contribution in [0.4, 0.5) is 34.1 Å². The van der Waals surface area contributed by atoms with E-state index in [1.165, 1.54) is 76.9 Å². The highest BCUT2D eigenvalue weighted by molar-refractivity contribution is 7.00. The van der Waals surface area contributed by atoms with Crippen molar-refractivity contribution in [3.05, 3.63) is 254 Å². The lowest BCUT2D eigenvalue weighted by Gasteiger charge is -2.52. The summed E-state index contributed by atoms with van der Waals surface area (Å²) in [5.41, 5.74) is 17.6. The van der Waals surface area contributed by atoms with Crippen LogP contribution in [-0.4, -0.2) is 16.1 Å². The van der Waals surface area contributed by atoms with Gasteiger partial charge in [0.25, 0.3) is 0 Å². The second-order valence-corrected chi connectivity index (χ2v) is 32.2. The molecule has 1 aliphatic rings. The molecule has 11 aromatic rings. The molecule has 2 nitrogen and oxygen atoms in total. The Labute approximate surface area is 421 Å². The molecule has 0 amide bonds. The van der Waals surface area contributed by atoms with Crippen LogP contribution in [0.5, 0.6) is 0 Å². The van der Waals surface area contributed by atoms with Crippen LogP contribution in [0.1, 0.15) is 11.1 Å². The van der Waals surface area contributed by atoms with Crippen molar-refractivity contribution in [3.63, 3.8) is 0 Å². The fourth-order valence-corrected chi connectivity index (χ4v) is 26.0. The minimum atomic E-state index is -2.24. The van der Waals surface area contributed by atoms with Crippen molar-refractivity contribution in [2.24, 2.45) is 0 Å². The minimum absolute atomic E-state index is 0.187. The van der Waals surface area contributed by atoms with Crippen LogP contribution in [0.25, 0.3) is 65.7 Å². The third kappa shape index (κ3) is 7.03. The normalized spacial score (nSPS) is 13.0. The molecule has 0 aromatic heterocycles. The van der Waals surface area contributed by atoms with Crippen LogP contribution in [0.3, 0.4) is 0 Å². The van der Waals surface area contributed by atoms with Crippen molar-refractivity contribution in [2.75, 3.05) is 9.80 Å². The maximum Gasteiger partial charge on any atom is 0.0579 e. The Bertz CT molecular complexity index is 3770. The Hall–Kier alpha value is -7.77. The Morgan fingerprint density at radius 3 is 1.25 bits per heavy atom. The molecule has 0 fully saturated rings. The van der Waals surface area contributed by atoms with Crippen molar-refractivity contribution < 1.29 is 0 Å². The number of hydrogen-bond donors (Lipinski definition) is 0. The van der Waals surface area contributed by atoms with E-state index < -0.39 is 16.1 Å². The molecule has 12 rings (SSSR count). The van der Waals surface area contributed by atoms with Gasteiger partial charge in [0.1, 0.15) is 0 Å². The zero-order chi connectivity index (χ0) is 48.5. The maximum atomic E-state index is 2.68. The van der Waals surface area contributed by atoms with Gasteiger partial charge < -0.3 is 9.80 Å². The molecular weight excluding hydrogens is 889 g/mol. The molecule has 71 heavy (non-hydrogen) atoms. The van der Waals surface area contributed by atoms with Gasteiger partial charge in [-0.3, -0.25) is 0 Å². The van der Waals surface area contributed by atoms with E-state index in [0.29, 0.717) is 0 Å². The summed E-state index contributed by atoms with van der Waals surface area (Å²) in [5, 5.41) is 7.85. The number of benzene rings is 11. The van der Waals surface area contributed by atoms with Gasteiger partial charge in [-0.15, -0.1) is 0 Å². The predicted molar refractivity (Wildman–Crippen MR) is 312 cm³/mol. The fourth-order valence-electron chi connectivity index (χ4n) is 12.9. The summed E-state index contributed by atoms with van der Waals surface area (Å²) in [4.78, 5) is 5.02. The summed E-state index contributed by atoms with van der Waals surface area (Å²) >= 11 is 0. The molecular formula is C67H58N2Si2. The van der Waals surface area contributed by atoms with Crippen LogP contribution in [0.15, 0.2) is 243 Å². The summed E-state index contributed by atoms with van der Waals surface area (Å²) in [7, 11) is -4.47. The van der Waals surface area contributed by atoms with Crippen molar-refractivity contribution in [1.82, 2.24) is 0 Å². The Morgan fingerprint density at radius 1 is 0.296 bits per heavy atom. The molecule has 0 unspecified atom stereocenters. The summed E-state index contributed by atoms with van der Waals surface area (Å²) in [6, 6.07) is 90.2. The number of fused-ring (bicyclic) bond motifs is 10. The maximum absolute atomic E-state index is 2.68. The molecule has 0 radical (unpaired) electrons. The molecule has 0 aliphatic heterocycles. The molecule has 1 aliphatic carbocycles. The van der Waals surface area contributed by atoms with Crippen molar-refractivity contribution in [2.45, 2.75) is 43.9 Å². The number of rotatable bonds is 10. The fraction of sp³-hybridized carbons (Fsp3) is 0.104. The van der Waals surface area contributed by atoms with Crippen LogP contribution >= 0.6 is 0 Å². The Balaban J connectivity index is 1.19. The lowest BCUT2D eigenvalue weighted by molar-refractivity contribution is 0.963. The van der Waals surface area contributed by atoms with E-state index in [1.54, 1.807) is 5.56 Å². The molecule has 11 aromatic carbocycles. The number of nitrogens with zero attached hydrogens (tertiary/aromatic N) is 2. The quantitative estimate of drug-likeness (QED) is 0.0996. The number of hydrogen-bond acceptors (Lipinski definition) is 2. The van der Waals surface area contributed by atoms with Crippen LogP contribution in [0.2, 0.25) is 39.3 Å². The predicted octanol–water partition coefficient (Wildman–Crippen LogP) is 19.4. The van der Waals surface area contributed by atoms with Crippen molar-refractivity contribution in [1.29, 1.82) is 0 Å². The standard InChI is InChI=1S/C67H58N2Si2/c1-70(2,3)67(71(4,5)6)60-46-63(69(50-33-17-10-18-34-50)62-42-26-24-36-53(62)48-29-13-8-14-30-48)55-38-20-22-40-57(55)64(60)65-56-39-21-19-37-54(56)59-45-51(43-44-58(59)66(65)67)68(49-31-15-9-16-32-49)61-41-25-23-35-52(61)47-27-11-7-12-28-47/h7-46H,1-6H3. The van der Waals surface area contributed by atoms with Gasteiger partial charge in [-0.25, -0.2) is 0 Å². The zero-order valence-electron chi connectivity index (χ0n) is 41.5. The van der Waals surface area contributed by atoms with Gasteiger partial charge in [-0.05, 0) is 115 Å². The van der Waals surface area contributed by atoms with Gasteiger partial charge in [0.2, 0.25) is 0 Å². The first-order chi connectivity index (χ1) is 34.6. The van der Waals surface area contributed by atoms with Crippen molar-refractivity contribution >= 4 is 82.6 Å². The van der Waals surface area contributed by atoms with Gasteiger partial charge in [-0.1, -0.05) is 227 Å². The molecule has 0 saturated carbocycles. The molecule has 0 heterocycles. The number of para-hydroxylation sites is 4. The van der Waals surface area contributed by atoms with E-state index in [0.717, 1.165) is 28.4 Å². The lowest BCUT2D eigenvalue weighted by atomic mass is 9.89. The van der Waals surface area contributed by atoms with Crippen LogP contribution < -0.4 is 9.80 Å². The largest absolute Gasteiger partial charge is 0.310 e. The van der Waals surface area contributed by atoms with Gasteiger partial charge in [0, 0.05) is 38.2 Å². The first-order valence-corrected chi connectivity index (χ1v) is 32.1. The third-order valence-corrected chi connectivity index (χ3v) is 25.3. The third-order valence-electron chi connectivity index (χ3n) is 15.3. The highest BCUT2D eigenvalue weighted by atomic mass is 28.4. The first kappa shape index (κ1) is 44.4. The highest BCUT2D eigenvalue weighted by Gasteiger charge is 2.60. The molecule has 0 saturated heterocycles. The Morgan fingerprint density at radius 2 is 0.718 bits per heavy atom. The molecule has 0 N–H and O–H groups in total. The van der Waals surface area contributed by atoms with E-state index in [2.05, 4.69) is 292 Å². The SMILES string of the molecule is C[Si](C)(C)C1([Si](C)(C)C)c2cc(N(c3ccccc3)c3ccccc3-c3ccccc3)c3ccccc3c2-c2c1c1ccc(N(c3ccccc3)c3ccccc3-c3ccccc3)cc1c1ccccc21. The average molecular weight is 947 g/mol. The highest BCUT2D eigenvalue weighted by Crippen LogP contribution is 2.64. The molecule has 344 valence electrons. The molecule has 4 heteroatoms. The molecule has 0 atom stereocenters. The number of anilines is 6. The second-order valence-electron chi connectivity index (χ2n) is 21.2. The monoisotopic (exact) mass is 946 g/mol. The minimum Gasteiger partial charge on any atom is -0.310 e. The Kier molecular flexibility index (Phi) is 10.8. The summed E-state index contributed by atoms with van der Waals surface area (Å²) < 4.78 is -0.187. The van der Waals surface area contributed by atoms with Gasteiger partial charge >= 0.3 is 0 Å². The smallest absolute Gasteiger partial charge is 0.0579 e. The molecule has 0 spiro atoms. The van der Waals surface area contributed by atoms with Gasteiger partial charge in [-0.2, -0.15) is 0 Å². The lowest BCUT2D eigenvalue weighted by Crippen LogP contribution is -2.63. The van der Waals surface area contributed by atoms with E-state index in [9.17, 15) is 0 Å². The van der Waals surface area contributed by atoms with Gasteiger partial charge in [0.05, 0.1) is 33.2 Å². The average Bonchev–Trinajstić information content (AvgIpc) is 3.75. The molecule has 0 bridgehead atoms. The van der Waals surface area contributed by atoms with E-state index in [1.807, 2.05) is 0 Å². The van der Waals surface area contributed by atoms with Crippen LogP contribution in [-0.2, 0) is 4.66 Å². The second kappa shape index (κ2) is 17.3. The first-order valence-electron chi connectivity index (χ1n) is 25.1. The zero-order valence-corrected chi connectivity index (χ0v) is 43.5. The summed E-state index contributed by atoms with van der Waals surface area (Å²) in [5.74, 6) is 0. The summed E-state index contributed by atoms with van der Waals surface area (Å²) in [6.07, 6.45) is 0. The van der Waals surface area contributed by atoms with Crippen LogP contribution in [0, 0.1) is 0 Å². The van der Waals surface area contributed by atoms with E-state index >= 15 is 0 Å². The van der Waals surface area contributed by atoms with E-state index in [4.69, 9.17) is 0 Å². The topological polar surface area (TPSA) is 6.48 Å². The van der Waals surface area contributed by atoms with Crippen molar-refractivity contribution in [3.8, 4) is 33.4 Å². The van der Waals surface area contributed by atoms with E-state index in [-0.39, 0.29) is 4.66 Å². The van der Waals surface area contributed by atoms with Gasteiger partial charge in [0.15, 0.2) is 0 Å².